The SMILES string of the molecule is CC(C)[C@H]1C(=O)OC[C@@H](NC(=O)c2cnc3ccccc3c2)C(=O)N[C@H](C)C(=O)N(C)[C@H]2CSSC[C@H](C(=O)N1C)N(C)C(=O)[C@@H](C)NC(=O)[C@@H](NC(=O)c1cnc3ccccc3c1)COC(=O)[C@H](C(C)C)N(C)C2=O. The maximum Gasteiger partial charge on any atom is 0.329 e. The van der Waals surface area contributed by atoms with E-state index >= 15 is 0 Å². The van der Waals surface area contributed by atoms with Gasteiger partial charge in [0, 0.05) is 62.9 Å². The number of benzene rings is 2. The first-order valence-corrected chi connectivity index (χ1v) is 27.1. The van der Waals surface area contributed by atoms with Crippen molar-refractivity contribution in [2.75, 3.05) is 52.9 Å². The zero-order valence-electron chi connectivity index (χ0n) is 43.9. The first kappa shape index (κ1) is 57.9. The predicted molar refractivity (Wildman–Crippen MR) is 284 cm³/mol. The number of esters is 2. The van der Waals surface area contributed by atoms with Crippen LogP contribution in [0.4, 0.5) is 0 Å². The molecule has 2 bridgehead atoms. The third-order valence-electron chi connectivity index (χ3n) is 13.2. The molecule has 0 unspecified atom stereocenters. The molecule has 24 heteroatoms. The number of pyridine rings is 2. The first-order chi connectivity index (χ1) is 36.0. The number of aromatic nitrogens is 2. The largest absolute Gasteiger partial charge is 0.461 e. The molecule has 4 N–H and O–H groups in total. The maximum atomic E-state index is 14.8. The van der Waals surface area contributed by atoms with Crippen molar-refractivity contribution < 1.29 is 57.4 Å². The molecule has 6 rings (SSSR count). The maximum absolute atomic E-state index is 14.8. The van der Waals surface area contributed by atoms with E-state index in [1.165, 1.54) is 54.4 Å². The number of cyclic esters (lactones) is 2. The van der Waals surface area contributed by atoms with E-state index in [-0.39, 0.29) is 22.6 Å². The fourth-order valence-electron chi connectivity index (χ4n) is 8.83. The normalized spacial score (nSPS) is 24.7. The molecular formula is C52H64N10O12S2. The molecule has 2 saturated heterocycles. The molecule has 4 heterocycles. The third kappa shape index (κ3) is 13.5. The van der Waals surface area contributed by atoms with Gasteiger partial charge < -0.3 is 50.3 Å². The summed E-state index contributed by atoms with van der Waals surface area (Å²) in [6.45, 7) is 7.85. The molecule has 4 aromatic rings. The molecule has 2 fully saturated rings. The number of ether oxygens (including phenoxy) is 2. The monoisotopic (exact) mass is 1080 g/mol. The standard InChI is InChI=1S/C52H64N10O12S2/c1-27(2)41-51(71)73-23-37(57-43(63)33-19-31-15-11-13-17-35(31)53-21-33)45(65)55-30(6)48(68)60(8)40-26-76-75-25-39(49(69)61(41)9)59(7)47(67)29(5)56-46(66)38(24-74-52(72)42(28(3)4)62(10)50(40)70)58-44(64)34-20-32-16-12-14-18-36(32)54-22-34/h11-22,27-30,37-42H,23-26H2,1-10H3,(H,55,65)(H,56,66)(H,57,63)(H,58,64)/t29-,30-,37-,38+,39-,40+,41+,42+/m1/s1. The van der Waals surface area contributed by atoms with Gasteiger partial charge in [0.1, 0.15) is 61.5 Å². The Morgan fingerprint density at radius 1 is 0.566 bits per heavy atom. The lowest BCUT2D eigenvalue weighted by molar-refractivity contribution is -0.160. The summed E-state index contributed by atoms with van der Waals surface area (Å²) in [5, 5.41) is 11.6. The summed E-state index contributed by atoms with van der Waals surface area (Å²) >= 11 is 0. The summed E-state index contributed by atoms with van der Waals surface area (Å²) in [6.07, 6.45) is 2.63. The van der Waals surface area contributed by atoms with Crippen molar-refractivity contribution in [3.63, 3.8) is 0 Å². The van der Waals surface area contributed by atoms with Crippen molar-refractivity contribution in [1.29, 1.82) is 0 Å². The third-order valence-corrected chi connectivity index (χ3v) is 15.6. The summed E-state index contributed by atoms with van der Waals surface area (Å²) in [5.74, 6) is -9.81. The zero-order chi connectivity index (χ0) is 55.7. The van der Waals surface area contributed by atoms with Crippen LogP contribution in [0.3, 0.4) is 0 Å². The van der Waals surface area contributed by atoms with E-state index in [1.54, 1.807) is 88.4 Å². The topological polar surface area (TPSA) is 276 Å². The molecule has 2 aromatic carbocycles. The molecule has 8 atom stereocenters. The number of rotatable bonds is 6. The zero-order valence-corrected chi connectivity index (χ0v) is 45.6. The molecule has 2 aliphatic heterocycles. The fourth-order valence-corrected chi connectivity index (χ4v) is 11.4. The van der Waals surface area contributed by atoms with Crippen molar-refractivity contribution >= 4 is 103 Å². The van der Waals surface area contributed by atoms with Crippen LogP contribution in [-0.2, 0) is 47.8 Å². The Morgan fingerprint density at radius 3 is 1.28 bits per heavy atom. The van der Waals surface area contributed by atoms with Crippen molar-refractivity contribution in [2.24, 2.45) is 11.8 Å². The number of nitrogens with zero attached hydrogens (tertiary/aromatic N) is 6. The second-order valence-electron chi connectivity index (χ2n) is 19.4. The molecular weight excluding hydrogens is 1020 g/mol. The van der Waals surface area contributed by atoms with E-state index in [9.17, 15) is 47.9 Å². The lowest BCUT2D eigenvalue weighted by atomic mass is 10.0. The number of nitrogens with one attached hydrogen (secondary N) is 4. The number of fused-ring (bicyclic) bond motifs is 7. The Bertz CT molecular complexity index is 2700. The Labute approximate surface area is 447 Å². The minimum atomic E-state index is -1.61. The summed E-state index contributed by atoms with van der Waals surface area (Å²) in [4.78, 5) is 156. The van der Waals surface area contributed by atoms with Crippen molar-refractivity contribution in [3.05, 3.63) is 84.2 Å². The van der Waals surface area contributed by atoms with Gasteiger partial charge in [0.05, 0.1) is 22.2 Å². The lowest BCUT2D eigenvalue weighted by Crippen LogP contribution is -2.60. The summed E-state index contributed by atoms with van der Waals surface area (Å²) < 4.78 is 11.5. The van der Waals surface area contributed by atoms with E-state index in [4.69, 9.17) is 9.47 Å². The number of amides is 8. The molecule has 8 amide bonds. The highest BCUT2D eigenvalue weighted by Gasteiger charge is 2.42. The Kier molecular flexibility index (Phi) is 19.4. The van der Waals surface area contributed by atoms with Crippen molar-refractivity contribution in [1.82, 2.24) is 50.8 Å². The Hall–Kier alpha value is -7.34. The quantitative estimate of drug-likeness (QED) is 0.158. The van der Waals surface area contributed by atoms with Crippen molar-refractivity contribution in [3.8, 4) is 0 Å². The van der Waals surface area contributed by atoms with E-state index in [0.717, 1.165) is 41.2 Å². The average Bonchev–Trinajstić information content (AvgIpc) is 3.39. The molecule has 0 saturated carbocycles. The number of carbonyl (C=O) groups excluding carboxylic acids is 10. The van der Waals surface area contributed by atoms with Gasteiger partial charge in [0.25, 0.3) is 11.8 Å². The van der Waals surface area contributed by atoms with Crippen LogP contribution in [0, 0.1) is 11.8 Å². The highest BCUT2D eigenvalue weighted by molar-refractivity contribution is 8.76. The van der Waals surface area contributed by atoms with Crippen LogP contribution in [0.1, 0.15) is 62.3 Å². The van der Waals surface area contributed by atoms with Crippen molar-refractivity contribution in [2.45, 2.75) is 89.9 Å². The molecule has 406 valence electrons. The van der Waals surface area contributed by atoms with Gasteiger partial charge in [0.15, 0.2) is 0 Å². The van der Waals surface area contributed by atoms with Gasteiger partial charge in [-0.3, -0.25) is 48.3 Å². The van der Waals surface area contributed by atoms with Crippen LogP contribution in [0.25, 0.3) is 21.8 Å². The van der Waals surface area contributed by atoms with Gasteiger partial charge in [-0.1, -0.05) is 85.7 Å². The molecule has 22 nitrogen and oxygen atoms in total. The molecule has 0 aliphatic carbocycles. The van der Waals surface area contributed by atoms with Gasteiger partial charge in [0.2, 0.25) is 35.4 Å². The minimum absolute atomic E-state index is 0.0712. The van der Waals surface area contributed by atoms with E-state index in [2.05, 4.69) is 31.2 Å². The molecule has 2 aliphatic rings. The van der Waals surface area contributed by atoms with Crippen LogP contribution in [0.2, 0.25) is 0 Å². The van der Waals surface area contributed by atoms with E-state index in [1.807, 2.05) is 0 Å². The van der Waals surface area contributed by atoms with Crippen LogP contribution in [0.5, 0.6) is 0 Å². The number of hydrogen-bond acceptors (Lipinski definition) is 16. The second-order valence-corrected chi connectivity index (χ2v) is 21.9. The Morgan fingerprint density at radius 2 is 0.921 bits per heavy atom. The van der Waals surface area contributed by atoms with Gasteiger partial charge in [-0.15, -0.1) is 0 Å². The van der Waals surface area contributed by atoms with Gasteiger partial charge in [-0.05, 0) is 49.9 Å². The number of likely N-dealkylation sites (N-methyl/N-ethyl adjacent to an activating group) is 4. The smallest absolute Gasteiger partial charge is 0.329 e. The van der Waals surface area contributed by atoms with Crippen LogP contribution < -0.4 is 21.3 Å². The highest BCUT2D eigenvalue weighted by Crippen LogP contribution is 2.29. The number of para-hydroxylation sites is 2. The van der Waals surface area contributed by atoms with Crippen LogP contribution in [-0.4, -0.2) is 190 Å². The number of carbonyl (C=O) groups is 10. The fraction of sp³-hybridized carbons (Fsp3) is 0.462. The van der Waals surface area contributed by atoms with Gasteiger partial charge in [-0.2, -0.15) is 0 Å². The summed E-state index contributed by atoms with van der Waals surface area (Å²) in [5.41, 5.74) is 1.36. The molecule has 76 heavy (non-hydrogen) atoms. The Balaban J connectivity index is 1.39. The molecule has 2 aromatic heterocycles. The minimum Gasteiger partial charge on any atom is -0.461 e. The second kappa shape index (κ2) is 25.5. The lowest BCUT2D eigenvalue weighted by Gasteiger charge is -2.37. The van der Waals surface area contributed by atoms with Gasteiger partial charge >= 0.3 is 11.9 Å². The number of hydrogen-bond donors (Lipinski definition) is 4. The first-order valence-electron chi connectivity index (χ1n) is 24.6. The van der Waals surface area contributed by atoms with E-state index in [0.29, 0.717) is 21.8 Å². The summed E-state index contributed by atoms with van der Waals surface area (Å²) in [7, 11) is 7.55. The van der Waals surface area contributed by atoms with Crippen LogP contribution >= 0.6 is 21.6 Å². The highest BCUT2D eigenvalue weighted by atomic mass is 33.1. The predicted octanol–water partition coefficient (Wildman–Crippen LogP) is 1.80. The van der Waals surface area contributed by atoms with Gasteiger partial charge in [-0.25, -0.2) is 9.59 Å². The average molecular weight is 1090 g/mol. The molecule has 0 spiro atoms. The van der Waals surface area contributed by atoms with Crippen LogP contribution in [0.15, 0.2) is 73.1 Å². The molecule has 0 radical (unpaired) electrons. The summed E-state index contributed by atoms with van der Waals surface area (Å²) in [6, 6.07) is 5.99. The van der Waals surface area contributed by atoms with E-state index < -0.39 is 133 Å².